The van der Waals surface area contributed by atoms with Gasteiger partial charge in [-0.1, -0.05) is 158 Å². The minimum absolute atomic E-state index is 0.569. The molecule has 0 spiro atoms. The molecular weight excluding hydrogens is 843 g/mol. The van der Waals surface area contributed by atoms with Gasteiger partial charge in [0.05, 0.1) is 40.9 Å². The van der Waals surface area contributed by atoms with Crippen LogP contribution in [0, 0.1) is 0 Å². The molecule has 0 amide bonds. The second-order valence-corrected chi connectivity index (χ2v) is 18.9. The van der Waals surface area contributed by atoms with E-state index in [1.54, 1.807) is 11.3 Å². The van der Waals surface area contributed by atoms with Crippen LogP contribution in [0.4, 0.5) is 0 Å². The van der Waals surface area contributed by atoms with Gasteiger partial charge in [-0.3, -0.25) is 4.57 Å². The molecule has 5 nitrogen and oxygen atoms in total. The van der Waals surface area contributed by atoms with E-state index in [9.17, 15) is 0 Å². The molecule has 0 aliphatic heterocycles. The first-order valence-electron chi connectivity index (χ1n) is 22.3. The summed E-state index contributed by atoms with van der Waals surface area (Å²) in [5.41, 5.74) is 17.6. The van der Waals surface area contributed by atoms with Gasteiger partial charge in [0.2, 0.25) is 5.95 Å². The van der Waals surface area contributed by atoms with E-state index in [1.165, 1.54) is 54.7 Å². The largest absolute Gasteiger partial charge is 0.308 e. The zero-order valence-corrected chi connectivity index (χ0v) is 37.3. The molecule has 0 atom stereocenters. The van der Waals surface area contributed by atoms with Crippen LogP contribution in [0.2, 0.25) is 0 Å². The molecule has 12 aromatic rings. The van der Waals surface area contributed by atoms with E-state index in [4.69, 9.17) is 15.0 Å². The Labute approximate surface area is 389 Å². The van der Waals surface area contributed by atoms with E-state index in [0.29, 0.717) is 17.6 Å². The number of hydrogen-bond donors (Lipinski definition) is 0. The molecule has 9 aromatic carbocycles. The molecule has 0 unspecified atom stereocenters. The highest BCUT2D eigenvalue weighted by Gasteiger charge is 2.22. The van der Waals surface area contributed by atoms with E-state index in [2.05, 4.69) is 203 Å². The van der Waals surface area contributed by atoms with Crippen LogP contribution in [0.5, 0.6) is 0 Å². The first kappa shape index (κ1) is 38.5. The average molecular weight is 882 g/mol. The van der Waals surface area contributed by atoms with E-state index in [0.717, 1.165) is 60.3 Å². The van der Waals surface area contributed by atoms with E-state index < -0.39 is 0 Å². The molecule has 0 fully saturated rings. The second-order valence-electron chi connectivity index (χ2n) is 16.8. The highest BCUT2D eigenvalue weighted by atomic mass is 32.1. The van der Waals surface area contributed by atoms with Crippen LogP contribution in [-0.4, -0.2) is 24.1 Å². The minimum Gasteiger partial charge on any atom is -0.308 e. The van der Waals surface area contributed by atoms with Crippen LogP contribution in [0.3, 0.4) is 0 Å². The van der Waals surface area contributed by atoms with Crippen LogP contribution in [-0.2, 0) is 12.8 Å². The van der Waals surface area contributed by atoms with Crippen LogP contribution in [0.1, 0.15) is 22.3 Å². The van der Waals surface area contributed by atoms with Gasteiger partial charge in [-0.25, -0.2) is 4.98 Å². The fourth-order valence-corrected chi connectivity index (χ4v) is 11.9. The van der Waals surface area contributed by atoms with Crippen LogP contribution < -0.4 is 0 Å². The summed E-state index contributed by atoms with van der Waals surface area (Å²) in [6, 6.07) is 76.3. The predicted octanol–water partition coefficient (Wildman–Crippen LogP) is 15.5. The van der Waals surface area contributed by atoms with Gasteiger partial charge in [0.25, 0.3) is 0 Å². The number of fused-ring (bicyclic) bond motifs is 10. The third-order valence-corrected chi connectivity index (χ3v) is 15.0. The molecule has 0 saturated heterocycles. The maximum Gasteiger partial charge on any atom is 0.238 e. The molecule has 0 radical (unpaired) electrons. The monoisotopic (exact) mass is 881 g/mol. The van der Waals surface area contributed by atoms with Crippen molar-refractivity contribution in [2.24, 2.45) is 0 Å². The van der Waals surface area contributed by atoms with Gasteiger partial charge in [-0.15, -0.1) is 22.7 Å². The molecule has 0 N–H and O–H groups in total. The smallest absolute Gasteiger partial charge is 0.238 e. The highest BCUT2D eigenvalue weighted by Crippen LogP contribution is 2.41. The summed E-state index contributed by atoms with van der Waals surface area (Å²) in [7, 11) is 0. The summed E-state index contributed by atoms with van der Waals surface area (Å²) < 4.78 is 9.27. The molecule has 1 aliphatic rings. The van der Waals surface area contributed by atoms with Crippen LogP contribution >= 0.6 is 22.7 Å². The fourth-order valence-electron chi connectivity index (χ4n) is 9.73. The van der Waals surface area contributed by atoms with Gasteiger partial charge >= 0.3 is 0 Å². The van der Waals surface area contributed by atoms with Crippen LogP contribution in [0.15, 0.2) is 212 Å². The maximum atomic E-state index is 5.48. The topological polar surface area (TPSA) is 48.5 Å². The Hall–Kier alpha value is -7.97. The normalized spacial score (nSPS) is 12.1. The fraction of sp³-hybridized carbons (Fsp3) is 0.0339. The zero-order valence-electron chi connectivity index (χ0n) is 35.7. The summed E-state index contributed by atoms with van der Waals surface area (Å²) >= 11 is 3.60. The van der Waals surface area contributed by atoms with Crippen molar-refractivity contribution in [1.29, 1.82) is 0 Å². The van der Waals surface area contributed by atoms with Gasteiger partial charge in [0.15, 0.2) is 11.6 Å². The highest BCUT2D eigenvalue weighted by molar-refractivity contribution is 7.25. The second kappa shape index (κ2) is 15.9. The SMILES string of the molecule is c1ccc(-c2nc(-c3ccc4c(c3)-c3ccccc3Cc3ccccc3-c3ccccc3C4)nc(-n3c4ccccc4sc4cc5c(cc43)sc3ccccc3n5-c3ccccc3)n2)cc1. The number of rotatable bonds is 4. The Balaban J connectivity index is 1.06. The van der Waals surface area contributed by atoms with Crippen molar-refractivity contribution in [2.75, 3.05) is 0 Å². The minimum atomic E-state index is 0.569. The first-order chi connectivity index (χ1) is 32.7. The standard InChI is InChI=1S/C59H39N5S2/c1-3-17-38(18-4-1)57-60-58(43-32-31-42-34-40-20-8-11-25-46(40)45-24-10-7-19-39(45)33-41-21-9-12-26-47(41)48(42)35-43)62-59(61-57)64-50-28-14-16-30-54(50)66-56-36-51-55(37-52(56)64)65-53-29-15-13-27-49(53)63(51)44-22-5-2-6-23-44/h1-32,35-37H,33-34H2. The third kappa shape index (κ3) is 6.63. The lowest BCUT2D eigenvalue weighted by atomic mass is 9.83. The summed E-state index contributed by atoms with van der Waals surface area (Å²) in [5.74, 6) is 1.81. The number of benzene rings is 9. The van der Waals surface area contributed by atoms with Crippen molar-refractivity contribution in [3.8, 4) is 56.7 Å². The molecular formula is C59H39N5S2. The van der Waals surface area contributed by atoms with Crippen LogP contribution in [0.25, 0.3) is 97.5 Å². The zero-order chi connectivity index (χ0) is 43.6. The Bertz CT molecular complexity index is 3890. The Morgan fingerprint density at radius 1 is 0.318 bits per heavy atom. The predicted molar refractivity (Wildman–Crippen MR) is 276 cm³/mol. The van der Waals surface area contributed by atoms with Crippen molar-refractivity contribution in [3.05, 3.63) is 235 Å². The van der Waals surface area contributed by atoms with E-state index in [-0.39, 0.29) is 0 Å². The number of aromatic nitrogens is 5. The molecule has 66 heavy (non-hydrogen) atoms. The van der Waals surface area contributed by atoms with E-state index >= 15 is 0 Å². The molecule has 0 bridgehead atoms. The Kier molecular flexibility index (Phi) is 9.29. The molecule has 1 aliphatic carbocycles. The summed E-state index contributed by atoms with van der Waals surface area (Å²) in [4.78, 5) is 16.1. The van der Waals surface area contributed by atoms with Crippen molar-refractivity contribution < 1.29 is 0 Å². The molecule has 312 valence electrons. The average Bonchev–Trinajstić information content (AvgIpc) is 3.37. The van der Waals surface area contributed by atoms with Gasteiger partial charge in [-0.05, 0) is 112 Å². The van der Waals surface area contributed by atoms with Crippen molar-refractivity contribution >= 4 is 63.5 Å². The Morgan fingerprint density at radius 2 is 0.773 bits per heavy atom. The lowest BCUT2D eigenvalue weighted by Crippen LogP contribution is -2.09. The van der Waals surface area contributed by atoms with E-state index in [1.807, 2.05) is 29.5 Å². The molecule has 13 rings (SSSR count). The quantitative estimate of drug-likeness (QED) is 0.165. The van der Waals surface area contributed by atoms with Crippen molar-refractivity contribution in [1.82, 2.24) is 24.1 Å². The maximum absolute atomic E-state index is 5.48. The van der Waals surface area contributed by atoms with Crippen molar-refractivity contribution in [2.45, 2.75) is 12.8 Å². The summed E-state index contributed by atoms with van der Waals surface area (Å²) in [6.07, 6.45) is 1.61. The third-order valence-electron chi connectivity index (χ3n) is 12.8. The van der Waals surface area contributed by atoms with Gasteiger partial charge in [-0.2, -0.15) is 9.97 Å². The molecule has 3 heterocycles. The molecule has 0 saturated carbocycles. The lowest BCUT2D eigenvalue weighted by molar-refractivity contribution is 0.951. The number of hydrogen-bond acceptors (Lipinski definition) is 5. The summed E-state index contributed by atoms with van der Waals surface area (Å²) in [5, 5.41) is 0. The van der Waals surface area contributed by atoms with Gasteiger partial charge in [0.1, 0.15) is 0 Å². The van der Waals surface area contributed by atoms with Gasteiger partial charge < -0.3 is 4.57 Å². The number of nitrogens with zero attached hydrogens (tertiary/aromatic N) is 5. The molecule has 7 heteroatoms. The Morgan fingerprint density at radius 3 is 1.38 bits per heavy atom. The number of para-hydroxylation sites is 3. The summed E-state index contributed by atoms with van der Waals surface area (Å²) in [6.45, 7) is 0. The van der Waals surface area contributed by atoms with Crippen molar-refractivity contribution in [3.63, 3.8) is 0 Å². The first-order valence-corrected chi connectivity index (χ1v) is 23.9. The van der Waals surface area contributed by atoms with Gasteiger partial charge in [0, 0.05) is 16.8 Å². The lowest BCUT2D eigenvalue weighted by Gasteiger charge is -2.21. The molecule has 3 aromatic heterocycles.